The summed E-state index contributed by atoms with van der Waals surface area (Å²) in [4.78, 5) is 18.1. The molecule has 0 unspecified atom stereocenters. The zero-order valence-corrected chi connectivity index (χ0v) is 24.8. The Bertz CT molecular complexity index is 1510. The van der Waals surface area contributed by atoms with Crippen LogP contribution in [0.4, 0.5) is 20.4 Å². The number of anilines is 2. The quantitative estimate of drug-likeness (QED) is 0.151. The van der Waals surface area contributed by atoms with Crippen molar-refractivity contribution in [2.24, 2.45) is 4.99 Å². The minimum absolute atomic E-state index is 0.174. The topological polar surface area (TPSA) is 68.7 Å². The molecule has 2 N–H and O–H groups in total. The second kappa shape index (κ2) is 13.3. The molecule has 0 saturated carbocycles. The van der Waals surface area contributed by atoms with E-state index in [1.165, 1.54) is 24.3 Å². The van der Waals surface area contributed by atoms with Gasteiger partial charge in [-0.3, -0.25) is 10.2 Å². The summed E-state index contributed by atoms with van der Waals surface area (Å²) < 4.78 is 27.5. The molecule has 42 heavy (non-hydrogen) atoms. The van der Waals surface area contributed by atoms with Gasteiger partial charge in [-0.1, -0.05) is 48.0 Å². The SMILES string of the molecule is Cc1cc(C)nc(N/C(=N/C(=S)Nc2ccccc2Cl)N2CCN(C(c3ccc(F)cc3)c3ccc(F)cc3)CC2)n1. The normalized spacial score (nSPS) is 14.2. The minimum atomic E-state index is -0.302. The lowest BCUT2D eigenvalue weighted by Gasteiger charge is -2.40. The first-order valence-electron chi connectivity index (χ1n) is 13.5. The Kier molecular flexibility index (Phi) is 9.36. The first kappa shape index (κ1) is 29.5. The summed E-state index contributed by atoms with van der Waals surface area (Å²) in [5, 5.41) is 7.13. The molecule has 1 aromatic heterocycles. The monoisotopic (exact) mass is 605 g/mol. The molecule has 4 aromatic rings. The molecule has 1 aliphatic rings. The largest absolute Gasteiger partial charge is 0.340 e. The first-order valence-corrected chi connectivity index (χ1v) is 14.3. The van der Waals surface area contributed by atoms with Crippen LogP contribution in [0.2, 0.25) is 5.02 Å². The number of benzene rings is 3. The van der Waals surface area contributed by atoms with E-state index in [2.05, 4.69) is 30.4 Å². The molecule has 0 spiro atoms. The number of halogens is 3. The van der Waals surface area contributed by atoms with Gasteiger partial charge in [-0.2, -0.15) is 4.99 Å². The molecule has 0 radical (unpaired) electrons. The first-order chi connectivity index (χ1) is 20.2. The van der Waals surface area contributed by atoms with E-state index in [1.54, 1.807) is 30.3 Å². The lowest BCUT2D eigenvalue weighted by atomic mass is 9.96. The van der Waals surface area contributed by atoms with Crippen LogP contribution in [-0.2, 0) is 0 Å². The van der Waals surface area contributed by atoms with Crippen LogP contribution in [0.5, 0.6) is 0 Å². The molecule has 216 valence electrons. The molecular weight excluding hydrogens is 576 g/mol. The lowest BCUT2D eigenvalue weighted by Crippen LogP contribution is -2.52. The average Bonchev–Trinajstić information content (AvgIpc) is 2.96. The Morgan fingerprint density at radius 3 is 1.93 bits per heavy atom. The van der Waals surface area contributed by atoms with Crippen LogP contribution in [0.15, 0.2) is 83.9 Å². The third kappa shape index (κ3) is 7.44. The number of aryl methyl sites for hydroxylation is 2. The molecule has 2 heterocycles. The van der Waals surface area contributed by atoms with Crippen molar-refractivity contribution >= 4 is 46.5 Å². The Labute approximate surface area is 254 Å². The summed E-state index contributed by atoms with van der Waals surface area (Å²) in [7, 11) is 0. The van der Waals surface area contributed by atoms with Crippen molar-refractivity contribution in [2.45, 2.75) is 19.9 Å². The van der Waals surface area contributed by atoms with Crippen molar-refractivity contribution in [3.63, 3.8) is 0 Å². The molecule has 0 atom stereocenters. The number of thiocarbonyl (C=S) groups is 1. The molecule has 0 bridgehead atoms. The van der Waals surface area contributed by atoms with Gasteiger partial charge in [0.2, 0.25) is 17.0 Å². The van der Waals surface area contributed by atoms with Gasteiger partial charge in [-0.15, -0.1) is 0 Å². The maximum atomic E-state index is 13.8. The highest BCUT2D eigenvalue weighted by Crippen LogP contribution is 2.30. The number of guanidine groups is 1. The molecule has 1 fully saturated rings. The predicted molar refractivity (Wildman–Crippen MR) is 168 cm³/mol. The average molecular weight is 606 g/mol. The third-order valence-corrected chi connectivity index (χ3v) is 7.40. The fraction of sp³-hybridized carbons (Fsp3) is 0.226. The van der Waals surface area contributed by atoms with Gasteiger partial charge in [0.25, 0.3) is 0 Å². The van der Waals surface area contributed by atoms with Crippen molar-refractivity contribution in [3.05, 3.63) is 118 Å². The van der Waals surface area contributed by atoms with Crippen LogP contribution < -0.4 is 10.6 Å². The smallest absolute Gasteiger partial charge is 0.229 e. The van der Waals surface area contributed by atoms with Gasteiger partial charge < -0.3 is 10.2 Å². The summed E-state index contributed by atoms with van der Waals surface area (Å²) in [6, 6.07) is 22.0. The van der Waals surface area contributed by atoms with Crippen LogP contribution in [0.25, 0.3) is 0 Å². The third-order valence-electron chi connectivity index (χ3n) is 6.88. The zero-order chi connectivity index (χ0) is 29.6. The van der Waals surface area contributed by atoms with E-state index >= 15 is 0 Å². The van der Waals surface area contributed by atoms with Crippen molar-refractivity contribution in [1.29, 1.82) is 0 Å². The van der Waals surface area contributed by atoms with E-state index in [0.717, 1.165) is 22.5 Å². The van der Waals surface area contributed by atoms with Gasteiger partial charge in [0.1, 0.15) is 11.6 Å². The Morgan fingerprint density at radius 1 is 0.833 bits per heavy atom. The van der Waals surface area contributed by atoms with Gasteiger partial charge in [-0.05, 0) is 79.7 Å². The number of aliphatic imine (C=N–C) groups is 1. The molecule has 1 aliphatic heterocycles. The highest BCUT2D eigenvalue weighted by atomic mass is 35.5. The lowest BCUT2D eigenvalue weighted by molar-refractivity contribution is 0.150. The summed E-state index contributed by atoms with van der Waals surface area (Å²) >= 11 is 11.9. The van der Waals surface area contributed by atoms with Crippen LogP contribution >= 0.6 is 23.8 Å². The highest BCUT2D eigenvalue weighted by Gasteiger charge is 2.28. The molecule has 0 amide bonds. The number of hydrogen-bond donors (Lipinski definition) is 2. The van der Waals surface area contributed by atoms with Crippen molar-refractivity contribution < 1.29 is 8.78 Å². The van der Waals surface area contributed by atoms with Crippen LogP contribution in [-0.4, -0.2) is 57.0 Å². The van der Waals surface area contributed by atoms with Crippen molar-refractivity contribution in [1.82, 2.24) is 19.8 Å². The molecule has 0 aliphatic carbocycles. The maximum Gasteiger partial charge on any atom is 0.229 e. The summed E-state index contributed by atoms with van der Waals surface area (Å²) in [5.41, 5.74) is 4.16. The number of piperazine rings is 1. The van der Waals surface area contributed by atoms with E-state index in [-0.39, 0.29) is 22.8 Å². The second-order valence-electron chi connectivity index (χ2n) is 9.97. The van der Waals surface area contributed by atoms with Crippen LogP contribution in [0.1, 0.15) is 28.6 Å². The van der Waals surface area contributed by atoms with Gasteiger partial charge in [-0.25, -0.2) is 18.7 Å². The summed E-state index contributed by atoms with van der Waals surface area (Å²) in [6.07, 6.45) is 0. The molecule has 11 heteroatoms. The van der Waals surface area contributed by atoms with Crippen LogP contribution in [0.3, 0.4) is 0 Å². The fourth-order valence-electron chi connectivity index (χ4n) is 4.96. The van der Waals surface area contributed by atoms with Gasteiger partial charge >= 0.3 is 0 Å². The number of nitrogens with one attached hydrogen (secondary N) is 2. The number of para-hydroxylation sites is 1. The van der Waals surface area contributed by atoms with E-state index in [9.17, 15) is 8.78 Å². The van der Waals surface area contributed by atoms with Crippen molar-refractivity contribution in [2.75, 3.05) is 36.8 Å². The number of hydrogen-bond acceptors (Lipinski definition) is 4. The van der Waals surface area contributed by atoms with Gasteiger partial charge in [0.15, 0.2) is 0 Å². The molecule has 7 nitrogen and oxygen atoms in total. The van der Waals surface area contributed by atoms with E-state index < -0.39 is 0 Å². The Morgan fingerprint density at radius 2 is 1.38 bits per heavy atom. The number of nitrogens with zero attached hydrogens (tertiary/aromatic N) is 5. The van der Waals surface area contributed by atoms with E-state index in [4.69, 9.17) is 28.8 Å². The molecule has 5 rings (SSSR count). The predicted octanol–water partition coefficient (Wildman–Crippen LogP) is 6.60. The second-order valence-corrected chi connectivity index (χ2v) is 10.8. The summed E-state index contributed by atoms with van der Waals surface area (Å²) in [6.45, 7) is 6.32. The zero-order valence-electron chi connectivity index (χ0n) is 23.2. The molecule has 1 saturated heterocycles. The standard InChI is InChI=1S/C31H30ClF2N7S/c1-20-19-21(2)36-29(35-20)38-30(39-31(42)37-27-6-4-3-5-26(27)32)41-17-15-40(16-18-41)28(22-7-11-24(33)12-8-22)23-9-13-25(34)14-10-23/h3-14,19,28H,15-18H2,1-2H3,(H2,35,36,37,38,39,42). The van der Waals surface area contributed by atoms with Gasteiger partial charge in [0.05, 0.1) is 16.8 Å². The maximum absolute atomic E-state index is 13.8. The van der Waals surface area contributed by atoms with E-state index in [1.807, 2.05) is 38.1 Å². The molecule has 3 aromatic carbocycles. The number of aromatic nitrogens is 2. The van der Waals surface area contributed by atoms with Crippen LogP contribution in [0, 0.1) is 25.5 Å². The fourth-order valence-corrected chi connectivity index (χ4v) is 5.34. The molecular formula is C31H30ClF2N7S. The minimum Gasteiger partial charge on any atom is -0.340 e. The number of rotatable bonds is 5. The van der Waals surface area contributed by atoms with Gasteiger partial charge in [0, 0.05) is 37.6 Å². The highest BCUT2D eigenvalue weighted by molar-refractivity contribution is 7.80. The Hall–Kier alpha value is -3.99. The van der Waals surface area contributed by atoms with E-state index in [0.29, 0.717) is 48.8 Å². The Balaban J connectivity index is 1.39. The summed E-state index contributed by atoms with van der Waals surface area (Å²) in [5.74, 6) is 0.320. The van der Waals surface area contributed by atoms with Crippen molar-refractivity contribution in [3.8, 4) is 0 Å².